The Hall–Kier alpha value is 0.0700. The van der Waals surface area contributed by atoms with Crippen LogP contribution in [0.3, 0.4) is 0 Å². The zero-order valence-electron chi connectivity index (χ0n) is 9.16. The van der Waals surface area contributed by atoms with Crippen molar-refractivity contribution in [3.63, 3.8) is 0 Å². The average Bonchev–Trinajstić information content (AvgIpc) is 2.17. The molecule has 0 amide bonds. The fourth-order valence-corrected chi connectivity index (χ4v) is 5.12. The Morgan fingerprint density at radius 1 is 1.25 bits per heavy atom. The van der Waals surface area contributed by atoms with Gasteiger partial charge in [-0.25, -0.2) is 4.57 Å². The lowest BCUT2D eigenvalue weighted by Crippen LogP contribution is -2.11. The standard InChI is InChI=1S/C10H15O3PS2/c1-10(2,9-6-4-3-5-7-9)15-8-16-14(11,12)13/h3-7H,8H2,1-2H3,(H2,11,12,13). The molecule has 1 rings (SSSR count). The molecule has 0 aliphatic rings. The SMILES string of the molecule is CC(C)(SCSP(=O)(O)O)c1ccccc1. The van der Waals surface area contributed by atoms with Crippen LogP contribution in [0, 0.1) is 0 Å². The number of hydrogen-bond acceptors (Lipinski definition) is 3. The van der Waals surface area contributed by atoms with Gasteiger partial charge in [0.15, 0.2) is 0 Å². The Bertz CT molecular complexity index is 375. The van der Waals surface area contributed by atoms with Crippen molar-refractivity contribution < 1.29 is 14.4 Å². The topological polar surface area (TPSA) is 57.5 Å². The van der Waals surface area contributed by atoms with Crippen molar-refractivity contribution in [3.8, 4) is 0 Å². The highest BCUT2D eigenvalue weighted by atomic mass is 32.7. The number of rotatable bonds is 5. The summed E-state index contributed by atoms with van der Waals surface area (Å²) in [6.45, 7) is 0.150. The smallest absolute Gasteiger partial charge is 0.317 e. The van der Waals surface area contributed by atoms with Gasteiger partial charge in [0.25, 0.3) is 0 Å². The molecule has 0 aromatic heterocycles. The highest BCUT2D eigenvalue weighted by molar-refractivity contribution is 8.57. The molecule has 0 aliphatic carbocycles. The number of benzene rings is 1. The Morgan fingerprint density at radius 3 is 2.31 bits per heavy atom. The minimum atomic E-state index is -3.95. The van der Waals surface area contributed by atoms with Crippen molar-refractivity contribution >= 4 is 29.9 Å². The summed E-state index contributed by atoms with van der Waals surface area (Å²) in [5.74, 6) is 0. The molecule has 0 fully saturated rings. The lowest BCUT2D eigenvalue weighted by Gasteiger charge is -2.24. The maximum absolute atomic E-state index is 10.7. The fourth-order valence-electron chi connectivity index (χ4n) is 1.17. The van der Waals surface area contributed by atoms with E-state index in [0.29, 0.717) is 16.5 Å². The first-order chi connectivity index (χ1) is 7.31. The Kier molecular flexibility index (Phi) is 4.95. The highest BCUT2D eigenvalue weighted by Crippen LogP contribution is 2.53. The van der Waals surface area contributed by atoms with Gasteiger partial charge in [-0.1, -0.05) is 30.3 Å². The molecule has 90 valence electrons. The van der Waals surface area contributed by atoms with Crippen molar-refractivity contribution in [2.75, 3.05) is 5.08 Å². The lowest BCUT2D eigenvalue weighted by molar-refractivity contribution is 0.397. The largest absolute Gasteiger partial charge is 0.384 e. The molecular weight excluding hydrogens is 263 g/mol. The molecule has 0 radical (unpaired) electrons. The molecule has 3 nitrogen and oxygen atoms in total. The van der Waals surface area contributed by atoms with Gasteiger partial charge in [-0.05, 0) is 30.8 Å². The van der Waals surface area contributed by atoms with E-state index in [-0.39, 0.29) is 4.75 Å². The van der Waals surface area contributed by atoms with Crippen LogP contribution in [0.5, 0.6) is 0 Å². The first kappa shape index (κ1) is 14.1. The van der Waals surface area contributed by atoms with Gasteiger partial charge in [0, 0.05) is 4.75 Å². The Labute approximate surface area is 104 Å². The number of hydrogen-bond donors (Lipinski definition) is 2. The molecule has 0 heterocycles. The van der Waals surface area contributed by atoms with Gasteiger partial charge < -0.3 is 9.79 Å². The van der Waals surface area contributed by atoms with Crippen molar-refractivity contribution in [1.82, 2.24) is 0 Å². The van der Waals surface area contributed by atoms with Crippen LogP contribution >= 0.6 is 29.9 Å². The summed E-state index contributed by atoms with van der Waals surface area (Å²) in [5.41, 5.74) is 1.16. The molecule has 0 spiro atoms. The van der Waals surface area contributed by atoms with E-state index in [4.69, 9.17) is 9.79 Å². The molecule has 0 bridgehead atoms. The summed E-state index contributed by atoms with van der Waals surface area (Å²) < 4.78 is 10.6. The van der Waals surface area contributed by atoms with Crippen LogP contribution in [0.2, 0.25) is 0 Å². The molecule has 0 saturated heterocycles. The van der Waals surface area contributed by atoms with E-state index in [2.05, 4.69) is 0 Å². The van der Waals surface area contributed by atoms with Gasteiger partial charge in [-0.15, -0.1) is 11.8 Å². The predicted molar refractivity (Wildman–Crippen MR) is 71.6 cm³/mol. The third-order valence-electron chi connectivity index (χ3n) is 2.11. The minimum absolute atomic E-state index is 0.135. The fraction of sp³-hybridized carbons (Fsp3) is 0.400. The van der Waals surface area contributed by atoms with E-state index in [1.54, 1.807) is 0 Å². The summed E-state index contributed by atoms with van der Waals surface area (Å²) >= 11 is 2.21. The summed E-state index contributed by atoms with van der Waals surface area (Å²) in [6.07, 6.45) is 0. The quantitative estimate of drug-likeness (QED) is 0.638. The van der Waals surface area contributed by atoms with Gasteiger partial charge in [-0.3, -0.25) is 0 Å². The maximum atomic E-state index is 10.7. The molecule has 0 atom stereocenters. The normalized spacial score (nSPS) is 12.8. The molecule has 1 aromatic carbocycles. The second-order valence-electron chi connectivity index (χ2n) is 3.76. The monoisotopic (exact) mass is 278 g/mol. The molecule has 0 unspecified atom stereocenters. The van der Waals surface area contributed by atoms with E-state index in [0.717, 1.165) is 5.56 Å². The maximum Gasteiger partial charge on any atom is 0.384 e. The van der Waals surface area contributed by atoms with E-state index >= 15 is 0 Å². The molecular formula is C10H15O3PS2. The van der Waals surface area contributed by atoms with Gasteiger partial charge >= 0.3 is 6.80 Å². The molecule has 1 aromatic rings. The van der Waals surface area contributed by atoms with Crippen LogP contribution in [0.25, 0.3) is 0 Å². The second kappa shape index (κ2) is 5.61. The summed E-state index contributed by atoms with van der Waals surface area (Å²) in [4.78, 5) is 17.5. The van der Waals surface area contributed by atoms with E-state index < -0.39 is 6.80 Å². The first-order valence-corrected chi connectivity index (χ1v) is 8.90. The van der Waals surface area contributed by atoms with Crippen LogP contribution in [-0.2, 0) is 9.31 Å². The minimum Gasteiger partial charge on any atom is -0.317 e. The summed E-state index contributed by atoms with van der Waals surface area (Å²) in [7, 11) is 0. The molecule has 0 saturated carbocycles. The van der Waals surface area contributed by atoms with Gasteiger partial charge in [0.1, 0.15) is 0 Å². The van der Waals surface area contributed by atoms with Crippen LogP contribution in [0.4, 0.5) is 0 Å². The molecule has 6 heteroatoms. The second-order valence-corrected chi connectivity index (χ2v) is 9.45. The molecule has 0 aliphatic heterocycles. The van der Waals surface area contributed by atoms with Gasteiger partial charge in [0.2, 0.25) is 0 Å². The van der Waals surface area contributed by atoms with Gasteiger partial charge in [0.05, 0.1) is 5.08 Å². The third-order valence-corrected chi connectivity index (χ3v) is 6.25. The first-order valence-electron chi connectivity index (χ1n) is 4.71. The predicted octanol–water partition coefficient (Wildman–Crippen LogP) is 3.44. The van der Waals surface area contributed by atoms with E-state index in [9.17, 15) is 4.57 Å². The third kappa shape index (κ3) is 4.93. The van der Waals surface area contributed by atoms with Crippen molar-refractivity contribution in [2.24, 2.45) is 0 Å². The van der Waals surface area contributed by atoms with Crippen LogP contribution in [0.1, 0.15) is 19.4 Å². The van der Waals surface area contributed by atoms with Crippen molar-refractivity contribution in [2.45, 2.75) is 18.6 Å². The summed E-state index contributed by atoms with van der Waals surface area (Å²) in [5, 5.41) is 0.381. The number of thioether (sulfide) groups is 1. The Morgan fingerprint density at radius 2 is 1.81 bits per heavy atom. The highest BCUT2D eigenvalue weighted by Gasteiger charge is 2.23. The van der Waals surface area contributed by atoms with Crippen LogP contribution in [-0.4, -0.2) is 14.9 Å². The van der Waals surface area contributed by atoms with E-state index in [1.165, 1.54) is 11.8 Å². The van der Waals surface area contributed by atoms with Gasteiger partial charge in [-0.2, -0.15) is 0 Å². The zero-order valence-corrected chi connectivity index (χ0v) is 11.7. The molecule has 2 N–H and O–H groups in total. The van der Waals surface area contributed by atoms with Crippen LogP contribution < -0.4 is 0 Å². The van der Waals surface area contributed by atoms with E-state index in [1.807, 2.05) is 44.2 Å². The van der Waals surface area contributed by atoms with Crippen LogP contribution in [0.15, 0.2) is 30.3 Å². The molecule has 16 heavy (non-hydrogen) atoms. The van der Waals surface area contributed by atoms with Crippen molar-refractivity contribution in [1.29, 1.82) is 0 Å². The van der Waals surface area contributed by atoms with Crippen molar-refractivity contribution in [3.05, 3.63) is 35.9 Å². The Balaban J connectivity index is 2.56. The lowest BCUT2D eigenvalue weighted by atomic mass is 10.0. The summed E-state index contributed by atoms with van der Waals surface area (Å²) in [6, 6.07) is 9.93. The average molecular weight is 278 g/mol. The zero-order chi connectivity index (χ0) is 12.2.